The zero-order chi connectivity index (χ0) is 29.6. The van der Waals surface area contributed by atoms with E-state index in [1.807, 2.05) is 0 Å². The molecular formula is C38H55N3. The van der Waals surface area contributed by atoms with Gasteiger partial charge in [0.2, 0.25) is 0 Å². The molecule has 0 spiro atoms. The summed E-state index contributed by atoms with van der Waals surface area (Å²) in [5.41, 5.74) is 10.9. The molecule has 1 saturated carbocycles. The van der Waals surface area contributed by atoms with Crippen molar-refractivity contribution in [3.63, 3.8) is 0 Å². The lowest BCUT2D eigenvalue weighted by Crippen LogP contribution is -2.39. The molecular weight excluding hydrogens is 498 g/mol. The zero-order valence-electron chi connectivity index (χ0n) is 27.2. The minimum Gasteiger partial charge on any atom is -0.370 e. The summed E-state index contributed by atoms with van der Waals surface area (Å²) in [5.74, 6) is 1.71. The quantitative estimate of drug-likeness (QED) is 0.144. The van der Waals surface area contributed by atoms with Gasteiger partial charge in [-0.15, -0.1) is 0 Å². The summed E-state index contributed by atoms with van der Waals surface area (Å²) in [6.45, 7) is 22.4. The van der Waals surface area contributed by atoms with Crippen molar-refractivity contribution in [1.82, 2.24) is 9.80 Å². The summed E-state index contributed by atoms with van der Waals surface area (Å²) < 4.78 is 0. The van der Waals surface area contributed by atoms with E-state index in [0.717, 1.165) is 49.5 Å². The van der Waals surface area contributed by atoms with Crippen molar-refractivity contribution in [3.8, 4) is 0 Å². The van der Waals surface area contributed by atoms with Gasteiger partial charge in [0.15, 0.2) is 0 Å². The van der Waals surface area contributed by atoms with Crippen molar-refractivity contribution >= 4 is 5.84 Å². The predicted molar refractivity (Wildman–Crippen MR) is 178 cm³/mol. The Morgan fingerprint density at radius 2 is 1.78 bits per heavy atom. The summed E-state index contributed by atoms with van der Waals surface area (Å²) in [6, 6.07) is 0. The Balaban J connectivity index is 1.58. The molecule has 3 nitrogen and oxygen atoms in total. The Labute approximate surface area is 251 Å². The summed E-state index contributed by atoms with van der Waals surface area (Å²) in [4.78, 5) is 10.2. The average molecular weight is 554 g/mol. The molecule has 3 aliphatic heterocycles. The fourth-order valence-corrected chi connectivity index (χ4v) is 5.82. The van der Waals surface area contributed by atoms with E-state index in [9.17, 15) is 0 Å². The molecule has 41 heavy (non-hydrogen) atoms. The van der Waals surface area contributed by atoms with Crippen molar-refractivity contribution in [2.45, 2.75) is 113 Å². The summed E-state index contributed by atoms with van der Waals surface area (Å²) in [6.07, 6.45) is 28.4. The molecule has 4 rings (SSSR count). The molecule has 1 atom stereocenters. The topological polar surface area (TPSA) is 18.8 Å². The van der Waals surface area contributed by atoms with Crippen molar-refractivity contribution < 1.29 is 0 Å². The lowest BCUT2D eigenvalue weighted by Gasteiger charge is -2.42. The van der Waals surface area contributed by atoms with E-state index >= 15 is 0 Å². The Morgan fingerprint density at radius 3 is 2.39 bits per heavy atom. The fourth-order valence-electron chi connectivity index (χ4n) is 5.82. The molecule has 3 heteroatoms. The zero-order valence-corrected chi connectivity index (χ0v) is 27.2. The van der Waals surface area contributed by atoms with Crippen LogP contribution >= 0.6 is 0 Å². The summed E-state index contributed by atoms with van der Waals surface area (Å²) >= 11 is 0. The number of allylic oxidation sites excluding steroid dienone is 9. The van der Waals surface area contributed by atoms with Crippen LogP contribution in [0.3, 0.4) is 0 Å². The van der Waals surface area contributed by atoms with E-state index in [1.165, 1.54) is 73.1 Å². The van der Waals surface area contributed by atoms with Gasteiger partial charge in [0.25, 0.3) is 0 Å². The Kier molecular flexibility index (Phi) is 10.6. The number of rotatable bonds is 11. The van der Waals surface area contributed by atoms with Crippen LogP contribution in [-0.4, -0.2) is 28.7 Å². The lowest BCUT2D eigenvalue weighted by atomic mass is 9.78. The lowest BCUT2D eigenvalue weighted by molar-refractivity contribution is 0.142. The number of hydrogen-bond acceptors (Lipinski definition) is 3. The maximum absolute atomic E-state index is 5.25. The van der Waals surface area contributed by atoms with Crippen molar-refractivity contribution in [2.75, 3.05) is 13.1 Å². The minimum atomic E-state index is 0.491. The normalized spacial score (nSPS) is 22.1. The van der Waals surface area contributed by atoms with Gasteiger partial charge in [-0.1, -0.05) is 64.0 Å². The van der Waals surface area contributed by atoms with E-state index in [2.05, 4.69) is 108 Å². The highest BCUT2D eigenvalue weighted by molar-refractivity contribution is 5.99. The molecule has 0 amide bonds. The predicted octanol–water partition coefficient (Wildman–Crippen LogP) is 10.6. The molecule has 3 heterocycles. The molecule has 0 bridgehead atoms. The van der Waals surface area contributed by atoms with Crippen molar-refractivity contribution in [3.05, 3.63) is 94.2 Å². The number of fused-ring (bicyclic) bond motifs is 1. The fraction of sp³-hybridized carbons (Fsp3) is 0.553. The highest BCUT2D eigenvalue weighted by atomic mass is 15.2. The molecule has 1 saturated heterocycles. The van der Waals surface area contributed by atoms with E-state index < -0.39 is 0 Å². The first kappa shape index (κ1) is 31.1. The Bertz CT molecular complexity index is 1230. The van der Waals surface area contributed by atoms with E-state index in [-0.39, 0.29) is 0 Å². The van der Waals surface area contributed by atoms with E-state index in [4.69, 9.17) is 4.99 Å². The molecule has 2 fully saturated rings. The molecule has 0 radical (unpaired) electrons. The molecule has 0 N–H and O–H groups in total. The molecule has 222 valence electrons. The van der Waals surface area contributed by atoms with Gasteiger partial charge in [-0.3, -0.25) is 4.90 Å². The molecule has 1 unspecified atom stereocenters. The summed E-state index contributed by atoms with van der Waals surface area (Å²) in [7, 11) is 0. The van der Waals surface area contributed by atoms with Crippen LogP contribution in [-0.2, 0) is 0 Å². The third-order valence-electron chi connectivity index (χ3n) is 10.2. The SMILES string of the molecule is C=C(C)/C(C)=C/C(=C\CCC/C=C(/C)C(C)CC)C1=CC(=C2CCC2)N2C=C(N3CCC(C)(CC)CC3)C=CC2=N1. The smallest absolute Gasteiger partial charge is 0.137 e. The van der Waals surface area contributed by atoms with Crippen LogP contribution in [0.2, 0.25) is 0 Å². The third kappa shape index (κ3) is 7.73. The van der Waals surface area contributed by atoms with Crippen LogP contribution in [0.5, 0.6) is 0 Å². The number of unbranched alkanes of at least 4 members (excludes halogenated alkanes) is 2. The Hall–Kier alpha value is -2.81. The van der Waals surface area contributed by atoms with Gasteiger partial charge in [-0.2, -0.15) is 0 Å². The van der Waals surface area contributed by atoms with E-state index in [0.29, 0.717) is 11.3 Å². The van der Waals surface area contributed by atoms with Crippen LogP contribution in [0.1, 0.15) is 113 Å². The number of nitrogens with zero attached hydrogens (tertiary/aromatic N) is 3. The maximum atomic E-state index is 5.25. The molecule has 0 aromatic rings. The highest BCUT2D eigenvalue weighted by Crippen LogP contribution is 2.39. The van der Waals surface area contributed by atoms with Crippen LogP contribution < -0.4 is 0 Å². The van der Waals surface area contributed by atoms with Gasteiger partial charge in [0, 0.05) is 25.0 Å². The van der Waals surface area contributed by atoms with Crippen LogP contribution in [0.15, 0.2) is 99.2 Å². The average Bonchev–Trinajstić information content (AvgIpc) is 2.94. The maximum Gasteiger partial charge on any atom is 0.137 e. The second-order valence-electron chi connectivity index (χ2n) is 13.2. The standard InChI is InChI=1S/C38H55N3/c1-9-29(5)30(6)15-12-11-13-16-33(25-31(7)28(3)4)35-26-36(32-17-14-18-32)41-27-34(19-20-37(41)39-35)40-23-21-38(8,10-2)22-24-40/h15-16,19-20,25-27,29H,3,9-14,17-18,21-24H2,1-2,4-8H3/b30-15-,31-25+,33-16+. The van der Waals surface area contributed by atoms with Crippen molar-refractivity contribution in [1.29, 1.82) is 0 Å². The monoisotopic (exact) mass is 553 g/mol. The number of piperidine rings is 1. The van der Waals surface area contributed by atoms with E-state index in [1.54, 1.807) is 5.57 Å². The number of likely N-dealkylation sites (tertiary alicyclic amines) is 1. The number of hydrogen-bond donors (Lipinski definition) is 0. The van der Waals surface area contributed by atoms with Crippen LogP contribution in [0, 0.1) is 11.3 Å². The van der Waals surface area contributed by atoms with Crippen LogP contribution in [0.25, 0.3) is 0 Å². The second-order valence-corrected chi connectivity index (χ2v) is 13.2. The molecule has 4 aliphatic rings. The Morgan fingerprint density at radius 1 is 1.07 bits per heavy atom. The van der Waals surface area contributed by atoms with Gasteiger partial charge in [0.05, 0.1) is 11.4 Å². The first-order chi connectivity index (χ1) is 19.6. The highest BCUT2D eigenvalue weighted by Gasteiger charge is 2.31. The van der Waals surface area contributed by atoms with Gasteiger partial charge < -0.3 is 4.90 Å². The number of amidine groups is 1. The second kappa shape index (κ2) is 13.9. The molecule has 0 aromatic carbocycles. The first-order valence-electron chi connectivity index (χ1n) is 16.3. The van der Waals surface area contributed by atoms with Gasteiger partial charge >= 0.3 is 0 Å². The van der Waals surface area contributed by atoms with Crippen molar-refractivity contribution in [2.24, 2.45) is 16.3 Å². The van der Waals surface area contributed by atoms with Gasteiger partial charge in [0.1, 0.15) is 5.84 Å². The number of aliphatic imine (C=N–C) groups is 1. The van der Waals surface area contributed by atoms with Crippen LogP contribution in [0.4, 0.5) is 0 Å². The summed E-state index contributed by atoms with van der Waals surface area (Å²) in [5, 5.41) is 0. The largest absolute Gasteiger partial charge is 0.370 e. The minimum absolute atomic E-state index is 0.491. The molecule has 1 aliphatic carbocycles. The first-order valence-corrected chi connectivity index (χ1v) is 16.3. The van der Waals surface area contributed by atoms with Gasteiger partial charge in [-0.05, 0) is 131 Å². The molecule has 0 aromatic heterocycles. The third-order valence-corrected chi connectivity index (χ3v) is 10.2. The van der Waals surface area contributed by atoms with Gasteiger partial charge in [-0.25, -0.2) is 4.99 Å².